The topological polar surface area (TPSA) is 52.3 Å². The third-order valence-corrected chi connectivity index (χ3v) is 2.65. The fourth-order valence-corrected chi connectivity index (χ4v) is 1.52. The zero-order valence-electron chi connectivity index (χ0n) is 9.00. The van der Waals surface area contributed by atoms with E-state index in [1.54, 1.807) is 26.0 Å². The fourth-order valence-electron chi connectivity index (χ4n) is 1.37. The Balaban J connectivity index is 3.36. The first-order chi connectivity index (χ1) is 6.99. The summed E-state index contributed by atoms with van der Waals surface area (Å²) in [6.45, 7) is 3.42. The number of Topliss-reactive ketones (excluding diaryl/α,β-unsaturated/α-hetero) is 1. The average molecular weight is 228 g/mol. The van der Waals surface area contributed by atoms with Crippen molar-refractivity contribution in [2.24, 2.45) is 5.73 Å². The van der Waals surface area contributed by atoms with E-state index in [2.05, 4.69) is 0 Å². The van der Waals surface area contributed by atoms with E-state index in [0.717, 1.165) is 0 Å². The van der Waals surface area contributed by atoms with Gasteiger partial charge in [0.05, 0.1) is 18.7 Å². The molecule has 4 heteroatoms. The van der Waals surface area contributed by atoms with Crippen molar-refractivity contribution >= 4 is 17.4 Å². The van der Waals surface area contributed by atoms with Crippen LogP contribution in [0.25, 0.3) is 0 Å². The molecule has 0 saturated carbocycles. The van der Waals surface area contributed by atoms with Crippen LogP contribution in [0, 0.1) is 6.92 Å². The molecule has 1 rings (SSSR count). The highest BCUT2D eigenvalue weighted by Crippen LogP contribution is 2.28. The molecular weight excluding hydrogens is 214 g/mol. The summed E-state index contributed by atoms with van der Waals surface area (Å²) >= 11 is 5.94. The lowest BCUT2D eigenvalue weighted by molar-refractivity contribution is 0.0964. The third-order valence-electron chi connectivity index (χ3n) is 2.24. The first-order valence-electron chi connectivity index (χ1n) is 4.62. The number of methoxy groups -OCH3 is 1. The Morgan fingerprint density at radius 3 is 2.60 bits per heavy atom. The maximum atomic E-state index is 11.8. The van der Waals surface area contributed by atoms with Crippen molar-refractivity contribution in [3.05, 3.63) is 28.3 Å². The molecule has 1 aromatic carbocycles. The van der Waals surface area contributed by atoms with Crippen molar-refractivity contribution < 1.29 is 9.53 Å². The Hall–Kier alpha value is -1.06. The van der Waals surface area contributed by atoms with Gasteiger partial charge in [0.1, 0.15) is 5.75 Å². The van der Waals surface area contributed by atoms with Gasteiger partial charge in [-0.3, -0.25) is 4.79 Å². The predicted octanol–water partition coefficient (Wildman–Crippen LogP) is 2.19. The van der Waals surface area contributed by atoms with Gasteiger partial charge in [-0.2, -0.15) is 0 Å². The van der Waals surface area contributed by atoms with Crippen LogP contribution in [0.4, 0.5) is 0 Å². The van der Waals surface area contributed by atoms with E-state index < -0.39 is 6.04 Å². The van der Waals surface area contributed by atoms with Gasteiger partial charge >= 0.3 is 0 Å². The van der Waals surface area contributed by atoms with Crippen LogP contribution >= 0.6 is 11.6 Å². The largest absolute Gasteiger partial charge is 0.496 e. The van der Waals surface area contributed by atoms with Crippen molar-refractivity contribution in [2.75, 3.05) is 7.11 Å². The van der Waals surface area contributed by atoms with Gasteiger partial charge in [-0.05, 0) is 31.5 Å². The van der Waals surface area contributed by atoms with Gasteiger partial charge in [-0.15, -0.1) is 0 Å². The molecule has 0 aliphatic carbocycles. The van der Waals surface area contributed by atoms with Crippen LogP contribution in [-0.4, -0.2) is 18.9 Å². The highest BCUT2D eigenvalue weighted by atomic mass is 35.5. The van der Waals surface area contributed by atoms with Crippen molar-refractivity contribution in [3.63, 3.8) is 0 Å². The second-order valence-electron chi connectivity index (χ2n) is 3.40. The number of ketones is 1. The second-order valence-corrected chi connectivity index (χ2v) is 3.81. The van der Waals surface area contributed by atoms with Crippen LogP contribution < -0.4 is 10.5 Å². The molecule has 0 amide bonds. The molecule has 0 aromatic heterocycles. The number of carbonyl (C=O) groups excluding carboxylic acids is 1. The van der Waals surface area contributed by atoms with Crippen molar-refractivity contribution in [3.8, 4) is 5.75 Å². The first-order valence-corrected chi connectivity index (χ1v) is 4.99. The van der Waals surface area contributed by atoms with Crippen molar-refractivity contribution in [1.82, 2.24) is 0 Å². The van der Waals surface area contributed by atoms with Crippen LogP contribution in [0.1, 0.15) is 22.8 Å². The zero-order chi connectivity index (χ0) is 11.6. The Labute approximate surface area is 94.2 Å². The normalized spacial score (nSPS) is 12.3. The van der Waals surface area contributed by atoms with Crippen molar-refractivity contribution in [1.29, 1.82) is 0 Å². The van der Waals surface area contributed by atoms with Crippen LogP contribution in [0.2, 0.25) is 5.02 Å². The summed E-state index contributed by atoms with van der Waals surface area (Å²) < 4.78 is 5.12. The van der Waals surface area contributed by atoms with E-state index in [4.69, 9.17) is 22.1 Å². The van der Waals surface area contributed by atoms with Gasteiger partial charge < -0.3 is 10.5 Å². The van der Waals surface area contributed by atoms with Gasteiger partial charge in [0, 0.05) is 5.02 Å². The molecule has 0 aliphatic heterocycles. The monoisotopic (exact) mass is 227 g/mol. The molecule has 1 aromatic rings. The lowest BCUT2D eigenvalue weighted by Gasteiger charge is -2.13. The van der Waals surface area contributed by atoms with Crippen molar-refractivity contribution in [2.45, 2.75) is 19.9 Å². The van der Waals surface area contributed by atoms with E-state index in [1.165, 1.54) is 7.11 Å². The Bertz CT molecular complexity index is 388. The molecule has 0 bridgehead atoms. The molecule has 0 saturated heterocycles. The predicted molar refractivity (Wildman–Crippen MR) is 60.7 cm³/mol. The molecule has 2 N–H and O–H groups in total. The molecule has 1 unspecified atom stereocenters. The minimum Gasteiger partial charge on any atom is -0.496 e. The lowest BCUT2D eigenvalue weighted by Crippen LogP contribution is -2.27. The lowest BCUT2D eigenvalue weighted by atomic mass is 9.99. The summed E-state index contributed by atoms with van der Waals surface area (Å²) in [5.74, 6) is 0.353. The smallest absolute Gasteiger partial charge is 0.183 e. The number of rotatable bonds is 3. The molecular formula is C11H14ClNO2. The number of hydrogen-bond donors (Lipinski definition) is 1. The highest BCUT2D eigenvalue weighted by molar-refractivity contribution is 6.32. The molecule has 0 radical (unpaired) electrons. The number of hydrogen-bond acceptors (Lipinski definition) is 3. The molecule has 82 valence electrons. The van der Waals surface area contributed by atoms with Crippen LogP contribution in [0.3, 0.4) is 0 Å². The number of halogens is 1. The number of benzene rings is 1. The second kappa shape index (κ2) is 4.64. The molecule has 0 spiro atoms. The van der Waals surface area contributed by atoms with Gasteiger partial charge in [-0.1, -0.05) is 11.6 Å². The maximum Gasteiger partial charge on any atom is 0.183 e. The molecule has 1 atom stereocenters. The summed E-state index contributed by atoms with van der Waals surface area (Å²) in [6, 6.07) is 2.81. The zero-order valence-corrected chi connectivity index (χ0v) is 9.76. The van der Waals surface area contributed by atoms with Gasteiger partial charge in [0.15, 0.2) is 5.78 Å². The van der Waals surface area contributed by atoms with E-state index in [9.17, 15) is 4.79 Å². The first kappa shape index (κ1) is 12.0. The molecule has 0 aliphatic rings. The minimum atomic E-state index is -0.559. The Kier molecular flexibility index (Phi) is 3.72. The van der Waals surface area contributed by atoms with Gasteiger partial charge in [0.25, 0.3) is 0 Å². The average Bonchev–Trinajstić information content (AvgIpc) is 2.20. The van der Waals surface area contributed by atoms with Gasteiger partial charge in [-0.25, -0.2) is 0 Å². The molecule has 0 fully saturated rings. The third kappa shape index (κ3) is 2.30. The Morgan fingerprint density at radius 2 is 2.13 bits per heavy atom. The molecule has 0 heterocycles. The van der Waals surface area contributed by atoms with Crippen LogP contribution in [0.15, 0.2) is 12.1 Å². The van der Waals surface area contributed by atoms with E-state index in [1.807, 2.05) is 0 Å². The van der Waals surface area contributed by atoms with E-state index in [0.29, 0.717) is 21.9 Å². The highest BCUT2D eigenvalue weighted by Gasteiger charge is 2.19. The van der Waals surface area contributed by atoms with E-state index in [-0.39, 0.29) is 5.78 Å². The summed E-state index contributed by atoms with van der Waals surface area (Å²) in [4.78, 5) is 11.8. The Morgan fingerprint density at radius 1 is 1.53 bits per heavy atom. The van der Waals surface area contributed by atoms with Crippen LogP contribution in [0.5, 0.6) is 5.75 Å². The standard InChI is InChI=1S/C11H14ClNO2/c1-6-8(12)4-5-9(15-3)10(6)11(14)7(2)13/h4-5,7H,13H2,1-3H3. The summed E-state index contributed by atoms with van der Waals surface area (Å²) in [5.41, 5.74) is 6.74. The summed E-state index contributed by atoms with van der Waals surface area (Å²) in [5, 5.41) is 0.541. The summed E-state index contributed by atoms with van der Waals surface area (Å²) in [7, 11) is 1.51. The minimum absolute atomic E-state index is 0.160. The summed E-state index contributed by atoms with van der Waals surface area (Å²) in [6.07, 6.45) is 0. The van der Waals surface area contributed by atoms with Gasteiger partial charge in [0.2, 0.25) is 0 Å². The number of nitrogens with two attached hydrogens (primary N) is 1. The SMILES string of the molecule is COc1ccc(Cl)c(C)c1C(=O)C(C)N. The number of ether oxygens (including phenoxy) is 1. The fraction of sp³-hybridized carbons (Fsp3) is 0.364. The maximum absolute atomic E-state index is 11.8. The molecule has 3 nitrogen and oxygen atoms in total. The molecule has 15 heavy (non-hydrogen) atoms. The number of carbonyl (C=O) groups is 1. The van der Waals surface area contributed by atoms with Crippen LogP contribution in [-0.2, 0) is 0 Å². The van der Waals surface area contributed by atoms with E-state index >= 15 is 0 Å². The quantitative estimate of drug-likeness (QED) is 0.806.